The van der Waals surface area contributed by atoms with Gasteiger partial charge in [0, 0.05) is 13.7 Å². The highest BCUT2D eigenvalue weighted by molar-refractivity contribution is 4.60. The van der Waals surface area contributed by atoms with E-state index in [1.165, 1.54) is 77.0 Å². The van der Waals surface area contributed by atoms with Crippen LogP contribution in [0.3, 0.4) is 0 Å². The maximum Gasteiger partial charge on any atom is 0.0490 e. The molecule has 0 aromatic heterocycles. The van der Waals surface area contributed by atoms with Crippen LogP contribution in [0.25, 0.3) is 0 Å². The van der Waals surface area contributed by atoms with E-state index in [1.54, 1.807) is 0 Å². The van der Waals surface area contributed by atoms with Crippen LogP contribution in [-0.2, 0) is 4.74 Å². The van der Waals surface area contributed by atoms with Gasteiger partial charge in [0.25, 0.3) is 0 Å². The molecule has 0 heterocycles. The number of unbranched alkanes of at least 4 members (excludes halogenated alkanes) is 8. The third-order valence-corrected chi connectivity index (χ3v) is 3.83. The number of rotatable bonds is 14. The first kappa shape index (κ1) is 18.0. The molecule has 110 valence electrons. The Morgan fingerprint density at radius 2 is 1.11 bits per heavy atom. The van der Waals surface area contributed by atoms with Crippen molar-refractivity contribution >= 4 is 0 Å². The van der Waals surface area contributed by atoms with E-state index in [4.69, 9.17) is 4.74 Å². The largest absolute Gasteiger partial charge is 0.384 e. The van der Waals surface area contributed by atoms with Crippen molar-refractivity contribution in [1.82, 2.24) is 0 Å². The molecule has 0 bridgehead atoms. The topological polar surface area (TPSA) is 9.23 Å². The Balaban J connectivity index is 3.44. The van der Waals surface area contributed by atoms with E-state index in [0.29, 0.717) is 0 Å². The zero-order valence-electron chi connectivity index (χ0n) is 13.2. The van der Waals surface area contributed by atoms with Gasteiger partial charge in [0.15, 0.2) is 0 Å². The van der Waals surface area contributed by atoms with Gasteiger partial charge < -0.3 is 4.74 Å². The van der Waals surface area contributed by atoms with E-state index in [-0.39, 0.29) is 0 Å². The first-order chi connectivity index (χ1) is 8.85. The van der Waals surface area contributed by atoms with Gasteiger partial charge in [-0.2, -0.15) is 0 Å². The Labute approximate surface area is 116 Å². The molecule has 0 saturated heterocycles. The third kappa shape index (κ3) is 12.4. The number of ether oxygens (including phenoxy) is 1. The normalized spacial score (nSPS) is 12.8. The molecular weight excluding hydrogens is 220 g/mol. The summed E-state index contributed by atoms with van der Waals surface area (Å²) in [4.78, 5) is 0. The third-order valence-electron chi connectivity index (χ3n) is 3.83. The lowest BCUT2D eigenvalue weighted by Crippen LogP contribution is -2.08. The van der Waals surface area contributed by atoms with Gasteiger partial charge in [-0.15, -0.1) is 0 Å². The van der Waals surface area contributed by atoms with Gasteiger partial charge in [-0.25, -0.2) is 0 Å². The zero-order valence-corrected chi connectivity index (χ0v) is 13.2. The summed E-state index contributed by atoms with van der Waals surface area (Å²) in [6.45, 7) is 5.54. The lowest BCUT2D eigenvalue weighted by molar-refractivity contribution is 0.140. The number of hydrogen-bond acceptors (Lipinski definition) is 1. The van der Waals surface area contributed by atoms with Crippen molar-refractivity contribution in [3.05, 3.63) is 0 Å². The molecule has 0 amide bonds. The summed E-state index contributed by atoms with van der Waals surface area (Å²) in [7, 11) is 1.85. The van der Waals surface area contributed by atoms with Crippen LogP contribution in [0.2, 0.25) is 0 Å². The number of hydrogen-bond donors (Lipinski definition) is 0. The first-order valence-electron chi connectivity index (χ1n) is 8.34. The molecule has 0 N–H and O–H groups in total. The van der Waals surface area contributed by atoms with Crippen LogP contribution in [0.15, 0.2) is 0 Å². The molecule has 1 atom stereocenters. The number of methoxy groups -OCH3 is 1. The second kappa shape index (κ2) is 15.0. The molecule has 0 spiro atoms. The summed E-state index contributed by atoms with van der Waals surface area (Å²) in [5.74, 6) is 0.818. The van der Waals surface area contributed by atoms with Crippen molar-refractivity contribution < 1.29 is 4.74 Å². The molecule has 0 aliphatic carbocycles. The lowest BCUT2D eigenvalue weighted by Gasteiger charge is -2.15. The molecule has 0 aliphatic rings. The molecular formula is C17H36O. The minimum Gasteiger partial charge on any atom is -0.384 e. The predicted octanol–water partition coefficient (Wildman–Crippen LogP) is 5.97. The summed E-state index contributed by atoms with van der Waals surface area (Å²) in [6.07, 6.45) is 16.8. The minimum atomic E-state index is 0.818. The molecule has 1 unspecified atom stereocenters. The Morgan fingerprint density at radius 1 is 0.667 bits per heavy atom. The molecule has 1 nitrogen and oxygen atoms in total. The van der Waals surface area contributed by atoms with Crippen molar-refractivity contribution in [2.24, 2.45) is 5.92 Å². The van der Waals surface area contributed by atoms with Crippen molar-refractivity contribution in [2.75, 3.05) is 13.7 Å². The molecule has 0 aliphatic heterocycles. The smallest absolute Gasteiger partial charge is 0.0490 e. The Morgan fingerprint density at radius 3 is 1.61 bits per heavy atom. The van der Waals surface area contributed by atoms with Gasteiger partial charge in [0.2, 0.25) is 0 Å². The van der Waals surface area contributed by atoms with Crippen LogP contribution in [0.4, 0.5) is 0 Å². The van der Waals surface area contributed by atoms with E-state index < -0.39 is 0 Å². The summed E-state index contributed by atoms with van der Waals surface area (Å²) >= 11 is 0. The van der Waals surface area contributed by atoms with Crippen molar-refractivity contribution in [3.8, 4) is 0 Å². The standard InChI is InChI=1S/C17H36O/c1-4-6-8-10-11-13-15-17(16-18-3)14-12-9-7-5-2/h17H,4-16H2,1-3H3. The van der Waals surface area contributed by atoms with Gasteiger partial charge in [0.1, 0.15) is 0 Å². The van der Waals surface area contributed by atoms with Gasteiger partial charge in [-0.1, -0.05) is 78.1 Å². The monoisotopic (exact) mass is 256 g/mol. The zero-order chi connectivity index (χ0) is 13.5. The molecule has 0 radical (unpaired) electrons. The van der Waals surface area contributed by atoms with Gasteiger partial charge in [0.05, 0.1) is 0 Å². The summed E-state index contributed by atoms with van der Waals surface area (Å²) < 4.78 is 5.36. The summed E-state index contributed by atoms with van der Waals surface area (Å²) in [5, 5.41) is 0. The van der Waals surface area contributed by atoms with Crippen LogP contribution < -0.4 is 0 Å². The molecule has 0 aromatic rings. The molecule has 0 saturated carbocycles. The molecule has 0 rings (SSSR count). The van der Waals surface area contributed by atoms with E-state index in [0.717, 1.165) is 12.5 Å². The minimum absolute atomic E-state index is 0.818. The highest BCUT2D eigenvalue weighted by Crippen LogP contribution is 2.19. The van der Waals surface area contributed by atoms with Crippen molar-refractivity contribution in [1.29, 1.82) is 0 Å². The van der Waals surface area contributed by atoms with Crippen LogP contribution >= 0.6 is 0 Å². The van der Waals surface area contributed by atoms with Gasteiger partial charge >= 0.3 is 0 Å². The summed E-state index contributed by atoms with van der Waals surface area (Å²) in [5.41, 5.74) is 0. The highest BCUT2D eigenvalue weighted by atomic mass is 16.5. The average molecular weight is 256 g/mol. The SMILES string of the molecule is CCCCCCCCC(CCCCCC)COC. The maximum atomic E-state index is 5.36. The second-order valence-corrected chi connectivity index (χ2v) is 5.73. The molecule has 0 fully saturated rings. The lowest BCUT2D eigenvalue weighted by atomic mass is 9.95. The van der Waals surface area contributed by atoms with Crippen molar-refractivity contribution in [3.63, 3.8) is 0 Å². The van der Waals surface area contributed by atoms with E-state index in [2.05, 4.69) is 13.8 Å². The average Bonchev–Trinajstić information content (AvgIpc) is 2.38. The Hall–Kier alpha value is -0.0400. The molecule has 1 heteroatoms. The summed E-state index contributed by atoms with van der Waals surface area (Å²) in [6, 6.07) is 0. The van der Waals surface area contributed by atoms with E-state index >= 15 is 0 Å². The van der Waals surface area contributed by atoms with Crippen LogP contribution in [-0.4, -0.2) is 13.7 Å². The van der Waals surface area contributed by atoms with Crippen LogP contribution in [0.1, 0.15) is 90.9 Å². The van der Waals surface area contributed by atoms with Gasteiger partial charge in [-0.05, 0) is 18.8 Å². The fourth-order valence-electron chi connectivity index (χ4n) is 2.62. The quantitative estimate of drug-likeness (QED) is 0.348. The van der Waals surface area contributed by atoms with Crippen LogP contribution in [0.5, 0.6) is 0 Å². The van der Waals surface area contributed by atoms with Crippen LogP contribution in [0, 0.1) is 5.92 Å². The Kier molecular flexibility index (Phi) is 15.0. The Bertz CT molecular complexity index is 145. The first-order valence-corrected chi connectivity index (χ1v) is 8.34. The molecule has 18 heavy (non-hydrogen) atoms. The fourth-order valence-corrected chi connectivity index (χ4v) is 2.62. The molecule has 0 aromatic carbocycles. The van der Waals surface area contributed by atoms with E-state index in [9.17, 15) is 0 Å². The van der Waals surface area contributed by atoms with Gasteiger partial charge in [-0.3, -0.25) is 0 Å². The fraction of sp³-hybridized carbons (Fsp3) is 1.00. The van der Waals surface area contributed by atoms with Crippen molar-refractivity contribution in [2.45, 2.75) is 90.9 Å². The second-order valence-electron chi connectivity index (χ2n) is 5.73. The predicted molar refractivity (Wildman–Crippen MR) is 82.1 cm³/mol. The maximum absolute atomic E-state index is 5.36. The van der Waals surface area contributed by atoms with E-state index in [1.807, 2.05) is 7.11 Å². The highest BCUT2D eigenvalue weighted by Gasteiger charge is 2.07.